The number of hydrogen-bond acceptors (Lipinski definition) is 2. The molecule has 3 nitrogen and oxygen atoms in total. The molecule has 0 aliphatic rings. The lowest BCUT2D eigenvalue weighted by Gasteiger charge is -2.00. The van der Waals surface area contributed by atoms with Crippen molar-refractivity contribution in [3.63, 3.8) is 0 Å². The molecule has 0 saturated carbocycles. The van der Waals surface area contributed by atoms with Crippen molar-refractivity contribution in [2.45, 2.75) is 20.4 Å². The van der Waals surface area contributed by atoms with Crippen LogP contribution in [0.3, 0.4) is 0 Å². The first-order valence-electron chi connectivity index (χ1n) is 3.03. The molecule has 50 valence electrons. The van der Waals surface area contributed by atoms with Crippen molar-refractivity contribution in [1.82, 2.24) is 9.55 Å². The van der Waals surface area contributed by atoms with Crippen molar-refractivity contribution >= 4 is 5.95 Å². The fraction of sp³-hybridized carbons (Fsp3) is 0.500. The first-order chi connectivity index (χ1) is 4.25. The van der Waals surface area contributed by atoms with Gasteiger partial charge in [0.1, 0.15) is 0 Å². The van der Waals surface area contributed by atoms with E-state index in [9.17, 15) is 0 Å². The number of nitrogens with zero attached hydrogens (tertiary/aromatic N) is 2. The molecule has 0 aromatic carbocycles. The van der Waals surface area contributed by atoms with Crippen molar-refractivity contribution < 1.29 is 0 Å². The molecule has 0 unspecified atom stereocenters. The van der Waals surface area contributed by atoms with Gasteiger partial charge in [0.2, 0.25) is 0 Å². The first kappa shape index (κ1) is 6.13. The summed E-state index contributed by atoms with van der Waals surface area (Å²) in [5, 5.41) is 0. The monoisotopic (exact) mass is 125 g/mol. The van der Waals surface area contributed by atoms with Gasteiger partial charge in [-0.3, -0.25) is 0 Å². The molecular formula is C6H11N3. The molecule has 2 N–H and O–H groups in total. The number of hydrogen-bond donors (Lipinski definition) is 1. The highest BCUT2D eigenvalue weighted by molar-refractivity contribution is 5.21. The van der Waals surface area contributed by atoms with E-state index in [4.69, 9.17) is 5.73 Å². The third-order valence-corrected chi connectivity index (χ3v) is 1.40. The van der Waals surface area contributed by atoms with Gasteiger partial charge in [0.25, 0.3) is 0 Å². The molecule has 0 amide bonds. The highest BCUT2D eigenvalue weighted by Gasteiger charge is 1.97. The molecule has 1 aromatic heterocycles. The molecule has 0 aliphatic carbocycles. The number of aromatic nitrogens is 2. The summed E-state index contributed by atoms with van der Waals surface area (Å²) >= 11 is 0. The van der Waals surface area contributed by atoms with Crippen LogP contribution in [0.25, 0.3) is 0 Å². The number of rotatable bonds is 1. The minimum Gasteiger partial charge on any atom is -0.369 e. The molecule has 1 heterocycles. The van der Waals surface area contributed by atoms with Crippen molar-refractivity contribution in [1.29, 1.82) is 0 Å². The lowest BCUT2D eigenvalue weighted by molar-refractivity contribution is 0.749. The third kappa shape index (κ3) is 0.896. The van der Waals surface area contributed by atoms with Crippen LogP contribution in [0.4, 0.5) is 5.95 Å². The van der Waals surface area contributed by atoms with Crippen LogP contribution >= 0.6 is 0 Å². The standard InChI is InChI=1S/C6H11N3/c1-3-9-5(2)4-8-6(9)7/h4H,3H2,1-2H3,(H2,7,8). The summed E-state index contributed by atoms with van der Waals surface area (Å²) in [7, 11) is 0. The Hall–Kier alpha value is -0.990. The Bertz CT molecular complexity index is 183. The normalized spacial score (nSPS) is 10.0. The molecule has 1 rings (SSSR count). The van der Waals surface area contributed by atoms with Crippen molar-refractivity contribution in [3.8, 4) is 0 Å². The average Bonchev–Trinajstić information content (AvgIpc) is 2.12. The summed E-state index contributed by atoms with van der Waals surface area (Å²) in [5.41, 5.74) is 6.62. The molecule has 1 aromatic rings. The Balaban J connectivity index is 3.07. The summed E-state index contributed by atoms with van der Waals surface area (Å²) in [6.07, 6.45) is 1.78. The molecule has 9 heavy (non-hydrogen) atoms. The first-order valence-corrected chi connectivity index (χ1v) is 3.03. The van der Waals surface area contributed by atoms with Gasteiger partial charge in [0.15, 0.2) is 5.95 Å². The number of aryl methyl sites for hydroxylation is 1. The molecule has 0 saturated heterocycles. The SMILES string of the molecule is CCn1c(C)cnc1N. The van der Waals surface area contributed by atoms with Gasteiger partial charge < -0.3 is 10.3 Å². The summed E-state index contributed by atoms with van der Waals surface area (Å²) in [5.74, 6) is 0.606. The summed E-state index contributed by atoms with van der Waals surface area (Å²) in [6, 6.07) is 0. The van der Waals surface area contributed by atoms with Gasteiger partial charge in [-0.2, -0.15) is 0 Å². The van der Waals surface area contributed by atoms with E-state index in [1.165, 1.54) is 0 Å². The van der Waals surface area contributed by atoms with Gasteiger partial charge in [0.05, 0.1) is 6.20 Å². The van der Waals surface area contributed by atoms with Gasteiger partial charge in [-0.15, -0.1) is 0 Å². The van der Waals surface area contributed by atoms with E-state index < -0.39 is 0 Å². The Morgan fingerprint density at radius 2 is 2.44 bits per heavy atom. The van der Waals surface area contributed by atoms with Gasteiger partial charge >= 0.3 is 0 Å². The van der Waals surface area contributed by atoms with Gasteiger partial charge in [0, 0.05) is 12.2 Å². The predicted octanol–water partition coefficient (Wildman–Crippen LogP) is 0.794. The van der Waals surface area contributed by atoms with Crippen LogP contribution < -0.4 is 5.73 Å². The molecule has 0 spiro atoms. The maximum atomic E-state index is 5.50. The van der Waals surface area contributed by atoms with Crippen LogP contribution in [-0.4, -0.2) is 9.55 Å². The fourth-order valence-electron chi connectivity index (χ4n) is 0.891. The number of nitrogen functional groups attached to an aromatic ring is 1. The van der Waals surface area contributed by atoms with Crippen LogP contribution in [-0.2, 0) is 6.54 Å². The van der Waals surface area contributed by atoms with E-state index in [2.05, 4.69) is 4.98 Å². The zero-order chi connectivity index (χ0) is 6.85. The Morgan fingerprint density at radius 1 is 1.78 bits per heavy atom. The van der Waals surface area contributed by atoms with Crippen LogP contribution in [0.1, 0.15) is 12.6 Å². The molecule has 0 atom stereocenters. The summed E-state index contributed by atoms with van der Waals surface area (Å²) in [6.45, 7) is 4.94. The molecule has 0 radical (unpaired) electrons. The molecule has 0 aliphatic heterocycles. The van der Waals surface area contributed by atoms with E-state index in [0.29, 0.717) is 5.95 Å². The third-order valence-electron chi connectivity index (χ3n) is 1.40. The van der Waals surface area contributed by atoms with E-state index in [1.807, 2.05) is 18.4 Å². The highest BCUT2D eigenvalue weighted by atomic mass is 15.1. The second-order valence-corrected chi connectivity index (χ2v) is 2.00. The van der Waals surface area contributed by atoms with Crippen molar-refractivity contribution in [2.75, 3.05) is 5.73 Å². The largest absolute Gasteiger partial charge is 0.369 e. The second kappa shape index (κ2) is 2.09. The Morgan fingerprint density at radius 3 is 2.67 bits per heavy atom. The number of anilines is 1. The van der Waals surface area contributed by atoms with Crippen molar-refractivity contribution in [3.05, 3.63) is 11.9 Å². The molecule has 0 bridgehead atoms. The summed E-state index contributed by atoms with van der Waals surface area (Å²) < 4.78 is 1.96. The van der Waals surface area contributed by atoms with E-state index >= 15 is 0 Å². The number of imidazole rings is 1. The molecule has 3 heteroatoms. The molecular weight excluding hydrogens is 114 g/mol. The lowest BCUT2D eigenvalue weighted by atomic mass is 10.5. The predicted molar refractivity (Wildman–Crippen MR) is 37.1 cm³/mol. The maximum Gasteiger partial charge on any atom is 0.200 e. The maximum absolute atomic E-state index is 5.50. The van der Waals surface area contributed by atoms with E-state index in [-0.39, 0.29) is 0 Å². The van der Waals surface area contributed by atoms with E-state index in [1.54, 1.807) is 6.20 Å². The second-order valence-electron chi connectivity index (χ2n) is 2.00. The zero-order valence-electron chi connectivity index (χ0n) is 5.76. The van der Waals surface area contributed by atoms with Gasteiger partial charge in [-0.1, -0.05) is 0 Å². The average molecular weight is 125 g/mol. The minimum atomic E-state index is 0.606. The van der Waals surface area contributed by atoms with Gasteiger partial charge in [-0.05, 0) is 13.8 Å². The van der Waals surface area contributed by atoms with Crippen LogP contribution in [0.15, 0.2) is 6.20 Å². The van der Waals surface area contributed by atoms with Crippen LogP contribution in [0, 0.1) is 6.92 Å². The quantitative estimate of drug-likeness (QED) is 0.603. The minimum absolute atomic E-state index is 0.606. The zero-order valence-corrected chi connectivity index (χ0v) is 5.76. The Kier molecular flexibility index (Phi) is 1.42. The lowest BCUT2D eigenvalue weighted by Crippen LogP contribution is -2.02. The van der Waals surface area contributed by atoms with E-state index in [0.717, 1.165) is 12.2 Å². The van der Waals surface area contributed by atoms with Crippen LogP contribution in [0.5, 0.6) is 0 Å². The Labute approximate surface area is 54.5 Å². The van der Waals surface area contributed by atoms with Gasteiger partial charge in [-0.25, -0.2) is 4.98 Å². The number of nitrogens with two attached hydrogens (primary N) is 1. The fourth-order valence-corrected chi connectivity index (χ4v) is 0.891. The highest BCUT2D eigenvalue weighted by Crippen LogP contribution is 2.03. The smallest absolute Gasteiger partial charge is 0.200 e. The molecule has 0 fully saturated rings. The summed E-state index contributed by atoms with van der Waals surface area (Å²) in [4.78, 5) is 3.93. The van der Waals surface area contributed by atoms with Crippen LogP contribution in [0.2, 0.25) is 0 Å². The van der Waals surface area contributed by atoms with Crippen molar-refractivity contribution in [2.24, 2.45) is 0 Å². The topological polar surface area (TPSA) is 43.8 Å².